The fraction of sp³-hybridized carbons (Fsp3) is 0.552. The highest BCUT2D eigenvalue weighted by atomic mass is 32.2. The predicted octanol–water partition coefficient (Wildman–Crippen LogP) is 3.08. The normalized spacial score (nSPS) is 33.8. The number of fused-ring (bicyclic) bond motifs is 2. The summed E-state index contributed by atoms with van der Waals surface area (Å²) in [6.45, 7) is 11.1. The Bertz CT molecular complexity index is 1180. The van der Waals surface area contributed by atoms with E-state index < -0.39 is 33.4 Å². The van der Waals surface area contributed by atoms with Gasteiger partial charge in [-0.3, -0.25) is 14.4 Å². The third kappa shape index (κ3) is 3.70. The molecule has 1 aromatic rings. The van der Waals surface area contributed by atoms with Crippen LogP contribution >= 0.6 is 11.8 Å². The molecular formula is C29H37N3O4S. The van der Waals surface area contributed by atoms with Crippen LogP contribution in [0.1, 0.15) is 38.3 Å². The number of aliphatic hydroxyl groups excluding tert-OH is 1. The van der Waals surface area contributed by atoms with Gasteiger partial charge in [0.1, 0.15) is 6.04 Å². The van der Waals surface area contributed by atoms with Crippen molar-refractivity contribution in [2.45, 2.75) is 62.6 Å². The first kappa shape index (κ1) is 26.0. The summed E-state index contributed by atoms with van der Waals surface area (Å²) in [5, 5.41) is 10.2. The summed E-state index contributed by atoms with van der Waals surface area (Å²) >= 11 is 1.58. The van der Waals surface area contributed by atoms with Gasteiger partial charge in [0.25, 0.3) is 5.91 Å². The molecule has 1 N–H and O–H groups in total. The van der Waals surface area contributed by atoms with Crippen molar-refractivity contribution in [3.8, 4) is 0 Å². The van der Waals surface area contributed by atoms with Gasteiger partial charge in [-0.15, -0.1) is 11.8 Å². The maximum atomic E-state index is 14.6. The van der Waals surface area contributed by atoms with Gasteiger partial charge < -0.3 is 19.8 Å². The summed E-state index contributed by atoms with van der Waals surface area (Å²) in [4.78, 5) is 48.1. The summed E-state index contributed by atoms with van der Waals surface area (Å²) in [5.74, 6) is -1.67. The van der Waals surface area contributed by atoms with Crippen LogP contribution in [0.2, 0.25) is 0 Å². The molecule has 4 heterocycles. The van der Waals surface area contributed by atoms with Crippen LogP contribution in [0.4, 0.5) is 5.69 Å². The van der Waals surface area contributed by atoms with Crippen LogP contribution < -0.4 is 4.90 Å². The average Bonchev–Trinajstić information content (AvgIpc) is 3.14. The zero-order valence-corrected chi connectivity index (χ0v) is 23.1. The smallest absolute Gasteiger partial charge is 0.251 e. The highest BCUT2D eigenvalue weighted by molar-refractivity contribution is 8.02. The Hall–Kier alpha value is -2.58. The first-order valence-corrected chi connectivity index (χ1v) is 14.1. The molecule has 8 heteroatoms. The molecule has 198 valence electrons. The van der Waals surface area contributed by atoms with Gasteiger partial charge in [-0.05, 0) is 45.2 Å². The number of para-hydroxylation sites is 1. The Morgan fingerprint density at radius 3 is 2.35 bits per heavy atom. The van der Waals surface area contributed by atoms with Crippen molar-refractivity contribution in [1.29, 1.82) is 0 Å². The molecule has 0 bridgehead atoms. The topological polar surface area (TPSA) is 81.2 Å². The first-order valence-electron chi connectivity index (χ1n) is 13.3. The molecule has 37 heavy (non-hydrogen) atoms. The molecule has 5 rings (SSSR count). The largest absolute Gasteiger partial charge is 0.394 e. The van der Waals surface area contributed by atoms with Crippen molar-refractivity contribution in [1.82, 2.24) is 9.80 Å². The van der Waals surface area contributed by atoms with Crippen molar-refractivity contribution in [2.75, 3.05) is 31.1 Å². The van der Waals surface area contributed by atoms with Crippen LogP contribution in [0.3, 0.4) is 0 Å². The molecule has 0 saturated carbocycles. The Balaban J connectivity index is 1.68. The number of hydrogen-bond acceptors (Lipinski definition) is 5. The lowest BCUT2D eigenvalue weighted by Gasteiger charge is -2.39. The first-order chi connectivity index (χ1) is 17.6. The highest BCUT2D eigenvalue weighted by Crippen LogP contribution is 2.65. The van der Waals surface area contributed by atoms with Crippen molar-refractivity contribution in [3.63, 3.8) is 0 Å². The molecule has 4 aliphatic rings. The molecule has 2 saturated heterocycles. The van der Waals surface area contributed by atoms with Gasteiger partial charge in [-0.1, -0.05) is 49.4 Å². The van der Waals surface area contributed by atoms with Crippen LogP contribution in [0.25, 0.3) is 0 Å². The van der Waals surface area contributed by atoms with Crippen LogP contribution in [0, 0.1) is 25.7 Å². The van der Waals surface area contributed by atoms with Crippen molar-refractivity contribution < 1.29 is 19.5 Å². The van der Waals surface area contributed by atoms with Crippen LogP contribution in [0.5, 0.6) is 0 Å². The Labute approximate surface area is 223 Å². The number of benzene rings is 1. The van der Waals surface area contributed by atoms with Crippen LogP contribution in [0.15, 0.2) is 42.5 Å². The average molecular weight is 524 g/mol. The number of likely N-dealkylation sites (tertiary alicyclic amines) is 1. The number of anilines is 1. The standard InChI is InChI=1S/C29H37N3O4S/c1-6-14-30-15-8-12-28(5)21(25(30)34)22-26(35)32(20(4)17-33)24-27(36)31(16-9-13-29(22,24)37-28)23-18(2)10-7-11-19(23)3/h7-13,20-22,24,33H,6,14-17H2,1-5H3/t20-,21+,22+,24?,28-,29+/m1/s1. The summed E-state index contributed by atoms with van der Waals surface area (Å²) < 4.78 is -1.53. The monoisotopic (exact) mass is 523 g/mol. The zero-order chi connectivity index (χ0) is 26.7. The van der Waals surface area contributed by atoms with E-state index in [0.717, 1.165) is 23.2 Å². The van der Waals surface area contributed by atoms with Crippen LogP contribution in [-0.4, -0.2) is 80.4 Å². The van der Waals surface area contributed by atoms with Crippen molar-refractivity contribution in [2.24, 2.45) is 11.8 Å². The fourth-order valence-corrected chi connectivity index (χ4v) is 9.12. The van der Waals surface area contributed by atoms with Crippen molar-refractivity contribution in [3.05, 3.63) is 53.6 Å². The number of rotatable bonds is 5. The molecule has 4 aliphatic heterocycles. The number of carbonyl (C=O) groups is 3. The highest BCUT2D eigenvalue weighted by Gasteiger charge is 2.74. The van der Waals surface area contributed by atoms with E-state index >= 15 is 0 Å². The maximum absolute atomic E-state index is 14.6. The number of hydrogen-bond donors (Lipinski definition) is 1. The molecule has 3 amide bonds. The number of aryl methyl sites for hydroxylation is 2. The number of amides is 3. The van der Waals surface area contributed by atoms with Gasteiger partial charge in [-0.25, -0.2) is 0 Å². The molecule has 1 unspecified atom stereocenters. The number of thioether (sulfide) groups is 1. The van der Waals surface area contributed by atoms with E-state index in [9.17, 15) is 19.5 Å². The number of carbonyl (C=O) groups excluding carboxylic acids is 3. The van der Waals surface area contributed by atoms with E-state index in [1.165, 1.54) is 0 Å². The number of nitrogens with zero attached hydrogens (tertiary/aromatic N) is 3. The maximum Gasteiger partial charge on any atom is 0.251 e. The van der Waals surface area contributed by atoms with Crippen molar-refractivity contribution >= 4 is 35.2 Å². The predicted molar refractivity (Wildman–Crippen MR) is 146 cm³/mol. The molecule has 1 aromatic carbocycles. The second-order valence-corrected chi connectivity index (χ2v) is 12.8. The van der Waals surface area contributed by atoms with E-state index in [-0.39, 0.29) is 24.3 Å². The van der Waals surface area contributed by atoms with Gasteiger partial charge in [0.05, 0.1) is 29.2 Å². The summed E-state index contributed by atoms with van der Waals surface area (Å²) in [5.41, 5.74) is 2.84. The van der Waals surface area contributed by atoms with E-state index in [4.69, 9.17) is 0 Å². The third-order valence-corrected chi connectivity index (χ3v) is 10.3. The van der Waals surface area contributed by atoms with E-state index in [1.807, 2.05) is 69.0 Å². The summed E-state index contributed by atoms with van der Waals surface area (Å²) in [6.07, 6.45) is 8.98. The van der Waals surface area contributed by atoms with E-state index in [1.54, 1.807) is 28.5 Å². The lowest BCUT2D eigenvalue weighted by Crippen LogP contribution is -2.56. The SMILES string of the molecule is CCCN1CC=C[C@@]2(C)S[C@]34C=CCN(c5c(C)cccc5C)C(=O)C3N([C@H](C)CO)C(=O)[C@@H]4[C@H]2C1=O. The van der Waals surface area contributed by atoms with Gasteiger partial charge in [0, 0.05) is 30.1 Å². The quantitative estimate of drug-likeness (QED) is 0.600. The molecule has 7 nitrogen and oxygen atoms in total. The minimum atomic E-state index is -0.905. The molecule has 2 fully saturated rings. The lowest BCUT2D eigenvalue weighted by atomic mass is 9.74. The van der Waals surface area contributed by atoms with Gasteiger partial charge in [-0.2, -0.15) is 0 Å². The minimum Gasteiger partial charge on any atom is -0.394 e. The zero-order valence-electron chi connectivity index (χ0n) is 22.3. The summed E-state index contributed by atoms with van der Waals surface area (Å²) in [7, 11) is 0. The minimum absolute atomic E-state index is 0.0222. The molecule has 1 spiro atoms. The van der Waals surface area contributed by atoms with Gasteiger partial charge >= 0.3 is 0 Å². The second kappa shape index (κ2) is 9.31. The second-order valence-electron chi connectivity index (χ2n) is 11.1. The molecule has 0 aromatic heterocycles. The Morgan fingerprint density at radius 1 is 1.03 bits per heavy atom. The lowest BCUT2D eigenvalue weighted by molar-refractivity contribution is -0.145. The molecule has 6 atom stereocenters. The fourth-order valence-electron chi connectivity index (χ4n) is 6.98. The Morgan fingerprint density at radius 2 is 1.70 bits per heavy atom. The molecule has 0 radical (unpaired) electrons. The van der Waals surface area contributed by atoms with Crippen LogP contribution in [-0.2, 0) is 14.4 Å². The van der Waals surface area contributed by atoms with E-state index in [2.05, 4.69) is 6.08 Å². The Kier molecular flexibility index (Phi) is 6.55. The van der Waals surface area contributed by atoms with Gasteiger partial charge in [0.2, 0.25) is 11.8 Å². The molecule has 0 aliphatic carbocycles. The number of aliphatic hydroxyl groups is 1. The summed E-state index contributed by atoms with van der Waals surface area (Å²) in [6, 6.07) is 4.59. The third-order valence-electron chi connectivity index (χ3n) is 8.52. The van der Waals surface area contributed by atoms with Gasteiger partial charge in [0.15, 0.2) is 0 Å². The molecular weight excluding hydrogens is 486 g/mol. The van der Waals surface area contributed by atoms with E-state index in [0.29, 0.717) is 19.6 Å².